The number of hydrogen-bond acceptors (Lipinski definition) is 6. The van der Waals surface area contributed by atoms with Crippen LogP contribution in [-0.2, 0) is 14.4 Å². The number of carbonyl (C=O) groups excluding carboxylic acids is 3. The molecule has 0 saturated heterocycles. The maximum absolute atomic E-state index is 8.81. The number of amides is 2. The van der Waals surface area contributed by atoms with Gasteiger partial charge in [0.05, 0.1) is 6.26 Å². The van der Waals surface area contributed by atoms with E-state index in [9.17, 15) is 0 Å². The highest BCUT2D eigenvalue weighted by atomic mass is 16.2. The topological polar surface area (TPSA) is 275 Å². The highest BCUT2D eigenvalue weighted by molar-refractivity contribution is 5.72. The van der Waals surface area contributed by atoms with E-state index in [2.05, 4.69) is 41.0 Å². The van der Waals surface area contributed by atoms with Crippen LogP contribution in [0.3, 0.4) is 0 Å². The van der Waals surface area contributed by atoms with Gasteiger partial charge < -0.3 is 44.3 Å². The monoisotopic (exact) mass is 296 g/mol. The van der Waals surface area contributed by atoms with E-state index in [4.69, 9.17) is 30.3 Å². The molecular weight excluding hydrogens is 272 g/mol. The Morgan fingerprint density at radius 2 is 0.950 bits per heavy atom. The Balaban J connectivity index is -0.0000000296. The summed E-state index contributed by atoms with van der Waals surface area (Å²) in [6, 6.07) is 0. The van der Waals surface area contributed by atoms with E-state index < -0.39 is 0 Å². The van der Waals surface area contributed by atoms with Gasteiger partial charge in [0.2, 0.25) is 12.8 Å². The number of primary amides is 2. The van der Waals surface area contributed by atoms with Gasteiger partial charge in [-0.15, -0.1) is 0 Å². The zero-order valence-electron chi connectivity index (χ0n) is 11.2. The third-order valence-corrected chi connectivity index (χ3v) is 0. The molecule has 0 aromatic carbocycles. The summed E-state index contributed by atoms with van der Waals surface area (Å²) in [4.78, 5) is 26.0. The maximum atomic E-state index is 8.81. The second kappa shape index (κ2) is 75.7. The fraction of sp³-hybridized carbons (Fsp3) is 0.125. The standard InChI is InChI=1S/2C2H4O.2CH5N3.2CH3NO/c2*1-2-3;2*2-1(3)4;2*2-1-3/h2H,1H3;2-3H,1H2;2*(H5,2,3,4);2*1H,(H2,2,3). The molecule has 0 aliphatic heterocycles. The Bertz CT molecular complexity index is 191. The smallest absolute Gasteiger partial charge is 0.204 e. The Kier molecular flexibility index (Phi) is 136. The van der Waals surface area contributed by atoms with Crippen molar-refractivity contribution in [3.8, 4) is 0 Å². The molecule has 12 heteroatoms. The zero-order valence-corrected chi connectivity index (χ0v) is 11.2. The summed E-state index contributed by atoms with van der Waals surface area (Å²) in [5, 5.41) is 19.4. The molecule has 0 atom stereocenters. The number of carbonyl (C=O) groups is 3. The number of rotatable bonds is 0. The van der Waals surface area contributed by atoms with Crippen LogP contribution in [0.15, 0.2) is 12.8 Å². The number of guanidine groups is 2. The van der Waals surface area contributed by atoms with Crippen molar-refractivity contribution in [2.45, 2.75) is 6.92 Å². The molecule has 0 aromatic rings. The van der Waals surface area contributed by atoms with Gasteiger partial charge in [0.1, 0.15) is 6.29 Å². The second-order valence-corrected chi connectivity index (χ2v) is 1.60. The first-order chi connectivity index (χ1) is 9.12. The van der Waals surface area contributed by atoms with Gasteiger partial charge in [-0.25, -0.2) is 0 Å². The molecule has 0 bridgehead atoms. The number of nitrogens with two attached hydrogens (primary N) is 6. The molecule has 2 amide bonds. The molecule has 0 spiro atoms. The van der Waals surface area contributed by atoms with E-state index in [1.807, 2.05) is 0 Å². The molecule has 0 aliphatic rings. The third-order valence-electron chi connectivity index (χ3n) is 0. The molecule has 0 radical (unpaired) electrons. The molecule has 0 unspecified atom stereocenters. The SMILES string of the molecule is C=CO.CC=O.N=C(N)N.N=C(N)N.NC=O.NC=O. The summed E-state index contributed by atoms with van der Waals surface area (Å²) in [6.45, 7) is 4.36. The number of aliphatic hydroxyl groups is 1. The third kappa shape index (κ3) is 251. The normalized spacial score (nSPS) is 4.85. The molecule has 0 fully saturated rings. The Hall–Kier alpha value is -3.31. The van der Waals surface area contributed by atoms with Crippen molar-refractivity contribution in [1.29, 1.82) is 10.8 Å². The zero-order chi connectivity index (χ0) is 18.0. The van der Waals surface area contributed by atoms with E-state index >= 15 is 0 Å². The van der Waals surface area contributed by atoms with Crippen molar-refractivity contribution in [3.63, 3.8) is 0 Å². The molecule has 15 N–H and O–H groups in total. The van der Waals surface area contributed by atoms with Gasteiger partial charge in [0.15, 0.2) is 11.9 Å². The molecular formula is C8H24N8O4. The average Bonchev–Trinajstić information content (AvgIpc) is 2.18. The van der Waals surface area contributed by atoms with Crippen molar-refractivity contribution in [1.82, 2.24) is 0 Å². The molecule has 120 valence electrons. The molecule has 12 nitrogen and oxygen atoms in total. The van der Waals surface area contributed by atoms with Crippen LogP contribution < -0.4 is 34.4 Å². The minimum absolute atomic E-state index is 0.250. The molecule has 20 heavy (non-hydrogen) atoms. The lowest BCUT2D eigenvalue weighted by atomic mass is 11.0. The Labute approximate surface area is 116 Å². The quantitative estimate of drug-likeness (QED) is 0.0945. The van der Waals surface area contributed by atoms with Crippen molar-refractivity contribution in [2.24, 2.45) is 34.4 Å². The van der Waals surface area contributed by atoms with Crippen LogP contribution in [0, 0.1) is 10.8 Å². The maximum Gasteiger partial charge on any atom is 0.204 e. The van der Waals surface area contributed by atoms with Gasteiger partial charge in [-0.3, -0.25) is 20.4 Å². The van der Waals surface area contributed by atoms with Crippen molar-refractivity contribution in [3.05, 3.63) is 12.8 Å². The van der Waals surface area contributed by atoms with Gasteiger partial charge in [-0.2, -0.15) is 0 Å². The fourth-order valence-corrected chi connectivity index (χ4v) is 0. The van der Waals surface area contributed by atoms with Crippen LogP contribution in [0.4, 0.5) is 0 Å². The second-order valence-electron chi connectivity index (χ2n) is 1.60. The van der Waals surface area contributed by atoms with Crippen LogP contribution in [-0.4, -0.2) is 36.1 Å². The predicted octanol–water partition coefficient (Wildman–Crippen LogP) is -3.23. The summed E-state index contributed by atoms with van der Waals surface area (Å²) in [5.74, 6) is -0.667. The number of nitrogens with one attached hydrogen (secondary N) is 2. The first-order valence-corrected chi connectivity index (χ1v) is 4.27. The van der Waals surface area contributed by atoms with Gasteiger partial charge in [0, 0.05) is 0 Å². The molecule has 0 aromatic heterocycles. The molecule has 0 rings (SSSR count). The average molecular weight is 296 g/mol. The Morgan fingerprint density at radius 1 is 0.950 bits per heavy atom. The minimum atomic E-state index is -0.333. The first kappa shape index (κ1) is 36.0. The summed E-state index contributed by atoms with van der Waals surface area (Å²) in [6.07, 6.45) is 2.00. The molecule has 0 aliphatic carbocycles. The summed E-state index contributed by atoms with van der Waals surface area (Å²) >= 11 is 0. The highest BCUT2D eigenvalue weighted by Gasteiger charge is 1.52. The highest BCUT2D eigenvalue weighted by Crippen LogP contribution is 1.26. The summed E-state index contributed by atoms with van der Waals surface area (Å²) in [7, 11) is 0. The molecule has 0 saturated carbocycles. The van der Waals surface area contributed by atoms with Gasteiger partial charge in [-0.1, -0.05) is 6.58 Å². The predicted molar refractivity (Wildman–Crippen MR) is 77.3 cm³/mol. The van der Waals surface area contributed by atoms with Gasteiger partial charge in [0.25, 0.3) is 0 Å². The van der Waals surface area contributed by atoms with Crippen LogP contribution in [0.5, 0.6) is 0 Å². The largest absolute Gasteiger partial charge is 0.516 e. The van der Waals surface area contributed by atoms with Gasteiger partial charge in [-0.05, 0) is 6.92 Å². The van der Waals surface area contributed by atoms with E-state index in [1.165, 1.54) is 6.92 Å². The molecule has 0 heterocycles. The van der Waals surface area contributed by atoms with Crippen LogP contribution in [0.25, 0.3) is 0 Å². The lowest BCUT2D eigenvalue weighted by Gasteiger charge is -1.69. The first-order valence-electron chi connectivity index (χ1n) is 4.27. The fourth-order valence-electron chi connectivity index (χ4n) is 0. The lowest BCUT2D eigenvalue weighted by molar-refractivity contribution is -0.107. The number of aliphatic hydroxyl groups excluding tert-OH is 1. The van der Waals surface area contributed by atoms with Crippen molar-refractivity contribution >= 4 is 31.0 Å². The minimum Gasteiger partial charge on any atom is -0.516 e. The van der Waals surface area contributed by atoms with Gasteiger partial charge >= 0.3 is 0 Å². The van der Waals surface area contributed by atoms with Crippen molar-refractivity contribution in [2.75, 3.05) is 0 Å². The Morgan fingerprint density at radius 3 is 0.950 bits per heavy atom. The lowest BCUT2D eigenvalue weighted by Crippen LogP contribution is -2.20. The summed E-state index contributed by atoms with van der Waals surface area (Å²) in [5.41, 5.74) is 26.2. The number of aldehydes is 1. The van der Waals surface area contributed by atoms with Crippen LogP contribution >= 0.6 is 0 Å². The van der Waals surface area contributed by atoms with E-state index in [-0.39, 0.29) is 24.7 Å². The van der Waals surface area contributed by atoms with Crippen molar-refractivity contribution < 1.29 is 19.5 Å². The van der Waals surface area contributed by atoms with E-state index in [0.717, 1.165) is 12.5 Å². The van der Waals surface area contributed by atoms with Crippen LogP contribution in [0.2, 0.25) is 0 Å². The van der Waals surface area contributed by atoms with E-state index in [0.29, 0.717) is 0 Å². The summed E-state index contributed by atoms with van der Waals surface area (Å²) < 4.78 is 0. The van der Waals surface area contributed by atoms with Crippen LogP contribution in [0.1, 0.15) is 6.92 Å². The van der Waals surface area contributed by atoms with E-state index in [1.54, 1.807) is 0 Å². The number of hydrogen-bond donors (Lipinski definition) is 9.